The van der Waals surface area contributed by atoms with Crippen molar-refractivity contribution in [1.29, 1.82) is 0 Å². The molecule has 0 unspecified atom stereocenters. The lowest BCUT2D eigenvalue weighted by Gasteiger charge is -2.29. The number of likely N-dealkylation sites (N-methyl/N-ethyl adjacent to an activating group) is 1. The Morgan fingerprint density at radius 3 is 1.94 bits per heavy atom. The van der Waals surface area contributed by atoms with Crippen molar-refractivity contribution < 1.29 is 14.0 Å². The summed E-state index contributed by atoms with van der Waals surface area (Å²) in [6.07, 6.45) is 2.10. The van der Waals surface area contributed by atoms with Crippen LogP contribution in [-0.4, -0.2) is 44.9 Å². The molecule has 2 aromatic rings. The van der Waals surface area contributed by atoms with Crippen LogP contribution >= 0.6 is 0 Å². The Balaban J connectivity index is 1.86. The molecule has 3 nitrogen and oxygen atoms in total. The smallest absolute Gasteiger partial charge is 0.125 e. The molecule has 0 aliphatic heterocycles. The molecule has 0 atom stereocenters. The first kappa shape index (κ1) is 25.4. The van der Waals surface area contributed by atoms with E-state index >= 15 is 0 Å². The van der Waals surface area contributed by atoms with E-state index in [0.717, 1.165) is 42.8 Å². The van der Waals surface area contributed by atoms with Gasteiger partial charge in [0.1, 0.15) is 25.4 Å². The van der Waals surface area contributed by atoms with Crippen molar-refractivity contribution in [1.82, 2.24) is 0 Å². The number of hydrogen-bond donors (Lipinski definition) is 0. The summed E-state index contributed by atoms with van der Waals surface area (Å²) >= 11 is 0. The predicted octanol–water partition coefficient (Wildman–Crippen LogP) is 6.06. The monoisotopic (exact) mass is 426 g/mol. The van der Waals surface area contributed by atoms with E-state index in [-0.39, 0.29) is 0 Å². The number of quaternary nitrogens is 1. The molecule has 0 aliphatic rings. The van der Waals surface area contributed by atoms with Crippen LogP contribution in [0.25, 0.3) is 0 Å². The Morgan fingerprint density at radius 2 is 1.39 bits per heavy atom. The van der Waals surface area contributed by atoms with Gasteiger partial charge in [-0.1, -0.05) is 75.7 Å². The lowest BCUT2D eigenvalue weighted by Crippen LogP contribution is -2.41. The number of nitrogens with zero attached hydrogens (tertiary/aromatic N) is 1. The highest BCUT2D eigenvalue weighted by Gasteiger charge is 2.16. The highest BCUT2D eigenvalue weighted by molar-refractivity contribution is 5.45. The fourth-order valence-corrected chi connectivity index (χ4v) is 4.07. The van der Waals surface area contributed by atoms with Crippen LogP contribution in [0.15, 0.2) is 42.5 Å². The zero-order valence-corrected chi connectivity index (χ0v) is 20.9. The second kappa shape index (κ2) is 12.3. The molecule has 0 radical (unpaired) electrons. The van der Waals surface area contributed by atoms with Gasteiger partial charge in [-0.15, -0.1) is 0 Å². The van der Waals surface area contributed by atoms with Gasteiger partial charge >= 0.3 is 0 Å². The summed E-state index contributed by atoms with van der Waals surface area (Å²) in [5.74, 6) is 2.31. The number of benzene rings is 2. The van der Waals surface area contributed by atoms with Crippen molar-refractivity contribution >= 4 is 0 Å². The van der Waals surface area contributed by atoms with Crippen molar-refractivity contribution in [2.75, 3.05) is 40.5 Å². The third-order valence-electron chi connectivity index (χ3n) is 5.41. The third-order valence-corrected chi connectivity index (χ3v) is 5.41. The van der Waals surface area contributed by atoms with Crippen LogP contribution in [-0.2, 0) is 24.1 Å². The summed E-state index contributed by atoms with van der Waals surface area (Å²) < 4.78 is 13.2. The van der Waals surface area contributed by atoms with E-state index in [0.29, 0.717) is 25.0 Å². The van der Waals surface area contributed by atoms with Gasteiger partial charge in [0.05, 0.1) is 27.3 Å². The SMILES string of the molecule is Cc1cc(CC(C)C)c(OCCOCC[N+](C)(C)Cc2ccccc2)c(CC(C)C)c1. The Morgan fingerprint density at radius 1 is 0.806 bits per heavy atom. The molecule has 0 saturated heterocycles. The molecule has 2 rings (SSSR count). The average Bonchev–Trinajstić information content (AvgIpc) is 2.65. The number of rotatable bonds is 13. The van der Waals surface area contributed by atoms with Gasteiger partial charge in [0.25, 0.3) is 0 Å². The summed E-state index contributed by atoms with van der Waals surface area (Å²) in [5.41, 5.74) is 5.37. The van der Waals surface area contributed by atoms with Crippen LogP contribution in [0.2, 0.25) is 0 Å². The van der Waals surface area contributed by atoms with Crippen LogP contribution in [0.3, 0.4) is 0 Å². The van der Waals surface area contributed by atoms with Gasteiger partial charge < -0.3 is 14.0 Å². The molecular weight excluding hydrogens is 382 g/mol. The maximum Gasteiger partial charge on any atom is 0.125 e. The molecule has 0 fully saturated rings. The van der Waals surface area contributed by atoms with Crippen molar-refractivity contribution in [3.8, 4) is 5.75 Å². The molecule has 31 heavy (non-hydrogen) atoms. The molecule has 0 saturated carbocycles. The minimum atomic E-state index is 0.603. The van der Waals surface area contributed by atoms with Gasteiger partial charge in [-0.2, -0.15) is 0 Å². The molecule has 172 valence electrons. The van der Waals surface area contributed by atoms with Crippen LogP contribution < -0.4 is 4.74 Å². The van der Waals surface area contributed by atoms with E-state index < -0.39 is 0 Å². The highest BCUT2D eigenvalue weighted by atomic mass is 16.5. The summed E-state index contributed by atoms with van der Waals surface area (Å²) in [6, 6.07) is 15.3. The first-order chi connectivity index (χ1) is 14.7. The minimum Gasteiger partial charge on any atom is -0.491 e. The average molecular weight is 427 g/mol. The third kappa shape index (κ3) is 9.45. The summed E-state index contributed by atoms with van der Waals surface area (Å²) in [7, 11) is 4.52. The van der Waals surface area contributed by atoms with Gasteiger partial charge in [-0.25, -0.2) is 0 Å². The lowest BCUT2D eigenvalue weighted by atomic mass is 9.93. The predicted molar refractivity (Wildman–Crippen MR) is 132 cm³/mol. The zero-order chi connectivity index (χ0) is 22.9. The normalized spacial score (nSPS) is 12.0. The Kier molecular flexibility index (Phi) is 10.1. The van der Waals surface area contributed by atoms with E-state index in [9.17, 15) is 0 Å². The van der Waals surface area contributed by atoms with E-state index in [1.54, 1.807) is 0 Å². The van der Waals surface area contributed by atoms with Crippen LogP contribution in [0, 0.1) is 18.8 Å². The van der Waals surface area contributed by atoms with Crippen LogP contribution in [0.5, 0.6) is 5.75 Å². The summed E-state index contributed by atoms with van der Waals surface area (Å²) in [5, 5.41) is 0. The largest absolute Gasteiger partial charge is 0.491 e. The fourth-order valence-electron chi connectivity index (χ4n) is 4.07. The van der Waals surface area contributed by atoms with E-state index in [1.165, 1.54) is 22.3 Å². The molecule has 0 spiro atoms. The molecule has 0 bridgehead atoms. The van der Waals surface area contributed by atoms with E-state index in [1.807, 2.05) is 0 Å². The first-order valence-corrected chi connectivity index (χ1v) is 11.8. The highest BCUT2D eigenvalue weighted by Crippen LogP contribution is 2.30. The van der Waals surface area contributed by atoms with Crippen molar-refractivity contribution in [3.05, 3.63) is 64.7 Å². The number of aryl methyl sites for hydroxylation is 1. The van der Waals surface area contributed by atoms with Gasteiger partial charge in [-0.05, 0) is 42.7 Å². The van der Waals surface area contributed by atoms with Gasteiger partial charge in [0, 0.05) is 5.56 Å². The van der Waals surface area contributed by atoms with E-state index in [4.69, 9.17) is 9.47 Å². The molecule has 0 aliphatic carbocycles. The minimum absolute atomic E-state index is 0.603. The molecule has 2 aromatic carbocycles. The zero-order valence-electron chi connectivity index (χ0n) is 20.9. The second-order valence-corrected chi connectivity index (χ2v) is 10.4. The quantitative estimate of drug-likeness (QED) is 0.286. The Labute approximate surface area is 191 Å². The van der Waals surface area contributed by atoms with Gasteiger partial charge in [0.15, 0.2) is 0 Å². The molecule has 0 amide bonds. The second-order valence-electron chi connectivity index (χ2n) is 10.4. The van der Waals surface area contributed by atoms with Crippen LogP contribution in [0.1, 0.15) is 49.9 Å². The van der Waals surface area contributed by atoms with Crippen molar-refractivity contribution in [2.24, 2.45) is 11.8 Å². The fraction of sp³-hybridized carbons (Fsp3) is 0.571. The maximum atomic E-state index is 6.32. The molecular formula is C28H44NO2+. The standard InChI is InChI=1S/C28H44NO2/c1-22(2)17-26-19-24(5)20-27(18-23(3)4)28(26)31-16-15-30-14-13-29(6,7)21-25-11-9-8-10-12-25/h8-12,19-20,22-23H,13-18,21H2,1-7H3/q+1. The van der Waals surface area contributed by atoms with Crippen molar-refractivity contribution in [3.63, 3.8) is 0 Å². The lowest BCUT2D eigenvalue weighted by molar-refractivity contribution is -0.904. The summed E-state index contributed by atoms with van der Waals surface area (Å²) in [4.78, 5) is 0. The molecule has 0 N–H and O–H groups in total. The molecule has 3 heteroatoms. The summed E-state index contributed by atoms with van der Waals surface area (Å²) in [6.45, 7) is 15.2. The van der Waals surface area contributed by atoms with Crippen LogP contribution in [0.4, 0.5) is 0 Å². The first-order valence-electron chi connectivity index (χ1n) is 11.8. The Bertz CT molecular complexity index is 750. The van der Waals surface area contributed by atoms with Gasteiger partial charge in [0.2, 0.25) is 0 Å². The number of ether oxygens (including phenoxy) is 2. The van der Waals surface area contributed by atoms with Gasteiger partial charge in [-0.3, -0.25) is 0 Å². The molecule has 0 aromatic heterocycles. The topological polar surface area (TPSA) is 18.5 Å². The Hall–Kier alpha value is -1.84. The molecule has 0 heterocycles. The van der Waals surface area contributed by atoms with E-state index in [2.05, 4.69) is 91.2 Å². The maximum absolute atomic E-state index is 6.32. The van der Waals surface area contributed by atoms with Crippen molar-refractivity contribution in [2.45, 2.75) is 54.0 Å². The number of hydrogen-bond acceptors (Lipinski definition) is 2.